The Balaban J connectivity index is 2.43. The van der Waals surface area contributed by atoms with Crippen molar-refractivity contribution in [3.05, 3.63) is 69.2 Å². The van der Waals surface area contributed by atoms with E-state index in [1.807, 2.05) is 0 Å². The lowest BCUT2D eigenvalue weighted by Gasteiger charge is -2.23. The van der Waals surface area contributed by atoms with Gasteiger partial charge in [-0.2, -0.15) is 0 Å². The van der Waals surface area contributed by atoms with E-state index in [1.54, 1.807) is 0 Å². The summed E-state index contributed by atoms with van der Waals surface area (Å²) in [6, 6.07) is 7.66. The van der Waals surface area contributed by atoms with Crippen LogP contribution < -0.4 is 5.73 Å². The first-order chi connectivity index (χ1) is 9.93. The van der Waals surface area contributed by atoms with Gasteiger partial charge in [0.05, 0.1) is 6.10 Å². The van der Waals surface area contributed by atoms with Gasteiger partial charge in [-0.1, -0.05) is 29.3 Å². The summed E-state index contributed by atoms with van der Waals surface area (Å²) in [6.45, 7) is 0.0124. The van der Waals surface area contributed by atoms with Gasteiger partial charge in [0, 0.05) is 28.1 Å². The highest BCUT2D eigenvalue weighted by molar-refractivity contribution is 6.31. The fourth-order valence-corrected chi connectivity index (χ4v) is 2.67. The lowest BCUT2D eigenvalue weighted by molar-refractivity contribution is 0.143. The molecule has 2 nitrogen and oxygen atoms in total. The first-order valence-corrected chi connectivity index (χ1v) is 6.97. The smallest absolute Gasteiger partial charge is 0.129 e. The molecule has 21 heavy (non-hydrogen) atoms. The second-order valence-corrected chi connectivity index (χ2v) is 5.46. The predicted octanol–water partition coefficient (Wildman–Crippen LogP) is 4.05. The van der Waals surface area contributed by atoms with Gasteiger partial charge in [-0.3, -0.25) is 0 Å². The summed E-state index contributed by atoms with van der Waals surface area (Å²) in [5.74, 6) is -1.77. The first-order valence-electron chi connectivity index (χ1n) is 6.22. The van der Waals surface area contributed by atoms with E-state index in [2.05, 4.69) is 0 Å². The van der Waals surface area contributed by atoms with Crippen molar-refractivity contribution in [1.29, 1.82) is 0 Å². The normalized spacial score (nSPS) is 14.0. The van der Waals surface area contributed by atoms with Crippen molar-refractivity contribution in [1.82, 2.24) is 0 Å². The van der Waals surface area contributed by atoms with Crippen molar-refractivity contribution in [2.45, 2.75) is 12.0 Å². The molecule has 0 aliphatic carbocycles. The molecule has 112 valence electrons. The highest BCUT2D eigenvalue weighted by Crippen LogP contribution is 2.36. The fourth-order valence-electron chi connectivity index (χ4n) is 2.19. The largest absolute Gasteiger partial charge is 0.388 e. The number of aliphatic hydroxyl groups is 1. The van der Waals surface area contributed by atoms with Crippen LogP contribution in [0, 0.1) is 11.6 Å². The summed E-state index contributed by atoms with van der Waals surface area (Å²) < 4.78 is 26.9. The van der Waals surface area contributed by atoms with Gasteiger partial charge in [0.25, 0.3) is 0 Å². The minimum absolute atomic E-state index is 0.0124. The SMILES string of the molecule is NCC(c1ccc(F)cc1Cl)C(O)c1cc(Cl)ccc1F. The van der Waals surface area contributed by atoms with Crippen molar-refractivity contribution < 1.29 is 13.9 Å². The van der Waals surface area contributed by atoms with E-state index in [1.165, 1.54) is 30.3 Å². The van der Waals surface area contributed by atoms with E-state index in [0.29, 0.717) is 10.6 Å². The van der Waals surface area contributed by atoms with Crippen molar-refractivity contribution in [2.24, 2.45) is 5.73 Å². The molecule has 0 saturated carbocycles. The van der Waals surface area contributed by atoms with E-state index >= 15 is 0 Å². The molecule has 3 N–H and O–H groups in total. The molecular weight excluding hydrogens is 319 g/mol. The maximum atomic E-state index is 13.8. The Morgan fingerprint density at radius 3 is 2.38 bits per heavy atom. The van der Waals surface area contributed by atoms with E-state index in [4.69, 9.17) is 28.9 Å². The third kappa shape index (κ3) is 3.52. The average Bonchev–Trinajstić information content (AvgIpc) is 2.44. The number of hydrogen-bond acceptors (Lipinski definition) is 2. The van der Waals surface area contributed by atoms with Crippen LogP contribution in [0.2, 0.25) is 10.0 Å². The van der Waals surface area contributed by atoms with Crippen LogP contribution in [0.1, 0.15) is 23.1 Å². The lowest BCUT2D eigenvalue weighted by Crippen LogP contribution is -2.21. The van der Waals surface area contributed by atoms with E-state index in [0.717, 1.165) is 6.07 Å². The van der Waals surface area contributed by atoms with Crippen LogP contribution >= 0.6 is 23.2 Å². The summed E-state index contributed by atoms with van der Waals surface area (Å²) in [6.07, 6.45) is -1.24. The topological polar surface area (TPSA) is 46.2 Å². The number of nitrogens with two attached hydrogens (primary N) is 1. The molecule has 0 bridgehead atoms. The van der Waals surface area contributed by atoms with Crippen LogP contribution in [0.3, 0.4) is 0 Å². The quantitative estimate of drug-likeness (QED) is 0.887. The molecule has 0 radical (unpaired) electrons. The second-order valence-electron chi connectivity index (χ2n) is 4.62. The molecule has 0 fully saturated rings. The van der Waals surface area contributed by atoms with Gasteiger partial charge in [0.15, 0.2) is 0 Å². The monoisotopic (exact) mass is 331 g/mol. The highest BCUT2D eigenvalue weighted by Gasteiger charge is 2.26. The van der Waals surface area contributed by atoms with Gasteiger partial charge in [-0.25, -0.2) is 8.78 Å². The van der Waals surface area contributed by atoms with E-state index < -0.39 is 23.7 Å². The van der Waals surface area contributed by atoms with Gasteiger partial charge in [0.2, 0.25) is 0 Å². The highest BCUT2D eigenvalue weighted by atomic mass is 35.5. The van der Waals surface area contributed by atoms with E-state index in [-0.39, 0.29) is 17.1 Å². The minimum atomic E-state index is -1.24. The molecule has 0 aliphatic rings. The van der Waals surface area contributed by atoms with Gasteiger partial charge in [0.1, 0.15) is 11.6 Å². The van der Waals surface area contributed by atoms with Gasteiger partial charge >= 0.3 is 0 Å². The minimum Gasteiger partial charge on any atom is -0.388 e. The van der Waals surface area contributed by atoms with Crippen molar-refractivity contribution >= 4 is 23.2 Å². The third-order valence-corrected chi connectivity index (χ3v) is 3.84. The average molecular weight is 332 g/mol. The predicted molar refractivity (Wildman–Crippen MR) is 79.6 cm³/mol. The zero-order valence-electron chi connectivity index (χ0n) is 10.9. The molecule has 2 aromatic carbocycles. The zero-order valence-corrected chi connectivity index (χ0v) is 12.4. The Morgan fingerprint density at radius 1 is 1.05 bits per heavy atom. The Bertz CT molecular complexity index is 652. The second kappa shape index (κ2) is 6.71. The molecule has 0 aliphatic heterocycles. The number of aliphatic hydroxyl groups excluding tert-OH is 1. The van der Waals surface area contributed by atoms with Gasteiger partial charge in [-0.15, -0.1) is 0 Å². The van der Waals surface area contributed by atoms with Crippen molar-refractivity contribution in [2.75, 3.05) is 6.54 Å². The summed E-state index contributed by atoms with van der Waals surface area (Å²) >= 11 is 11.8. The van der Waals surface area contributed by atoms with Crippen LogP contribution in [0.25, 0.3) is 0 Å². The first kappa shape index (κ1) is 16.2. The maximum Gasteiger partial charge on any atom is 0.129 e. The molecule has 0 aromatic heterocycles. The lowest BCUT2D eigenvalue weighted by atomic mass is 9.89. The van der Waals surface area contributed by atoms with Crippen molar-refractivity contribution in [3.63, 3.8) is 0 Å². The van der Waals surface area contributed by atoms with Crippen LogP contribution in [0.4, 0.5) is 8.78 Å². The Hall–Kier alpha value is -1.20. The Morgan fingerprint density at radius 2 is 1.76 bits per heavy atom. The van der Waals surface area contributed by atoms with Gasteiger partial charge < -0.3 is 10.8 Å². The number of rotatable bonds is 4. The van der Waals surface area contributed by atoms with Gasteiger partial charge in [-0.05, 0) is 35.9 Å². The summed E-state index contributed by atoms with van der Waals surface area (Å²) in [4.78, 5) is 0. The Kier molecular flexibility index (Phi) is 5.17. The molecule has 0 amide bonds. The van der Waals surface area contributed by atoms with Crippen LogP contribution in [-0.4, -0.2) is 11.7 Å². The van der Waals surface area contributed by atoms with Crippen molar-refractivity contribution in [3.8, 4) is 0 Å². The fraction of sp³-hybridized carbons (Fsp3) is 0.200. The van der Waals surface area contributed by atoms with Crippen LogP contribution in [0.15, 0.2) is 36.4 Å². The molecule has 2 atom stereocenters. The van der Waals surface area contributed by atoms with Crippen LogP contribution in [-0.2, 0) is 0 Å². The third-order valence-electron chi connectivity index (χ3n) is 3.27. The molecule has 0 saturated heterocycles. The van der Waals surface area contributed by atoms with Crippen LogP contribution in [0.5, 0.6) is 0 Å². The van der Waals surface area contributed by atoms with E-state index in [9.17, 15) is 13.9 Å². The number of hydrogen-bond donors (Lipinski definition) is 2. The molecule has 0 spiro atoms. The summed E-state index contributed by atoms with van der Waals surface area (Å²) in [7, 11) is 0. The molecule has 0 heterocycles. The molecule has 2 rings (SSSR count). The molecule has 2 unspecified atom stereocenters. The zero-order chi connectivity index (χ0) is 15.6. The number of benzene rings is 2. The molecular formula is C15H13Cl2F2NO. The standard InChI is InChI=1S/C15H13Cl2F2NO/c16-8-1-4-14(19)11(5-8)15(21)12(7-20)10-3-2-9(18)6-13(10)17/h1-6,12,15,21H,7,20H2. The number of halogens is 4. The molecule has 2 aromatic rings. The Labute approximate surface area is 131 Å². The molecule has 6 heteroatoms. The summed E-state index contributed by atoms with van der Waals surface area (Å²) in [5, 5.41) is 10.8. The summed E-state index contributed by atoms with van der Waals surface area (Å²) in [5.41, 5.74) is 6.15. The maximum absolute atomic E-state index is 13.8.